The zero-order chi connectivity index (χ0) is 26.7. The van der Waals surface area contributed by atoms with E-state index in [-0.39, 0.29) is 11.9 Å². The maximum absolute atomic E-state index is 5.87. The smallest absolute Gasteiger partial charge is 0.195 e. The predicted molar refractivity (Wildman–Crippen MR) is 157 cm³/mol. The van der Waals surface area contributed by atoms with Gasteiger partial charge in [-0.2, -0.15) is 0 Å². The maximum atomic E-state index is 5.87. The van der Waals surface area contributed by atoms with Crippen LogP contribution in [0.1, 0.15) is 117 Å². The SMILES string of the molecule is CCCCCCCCCN=C(N)NC(N)=NCCCCN=C(N)NC(N)=NCCCCCCCCC. The summed E-state index contributed by atoms with van der Waals surface area (Å²) in [7, 11) is 0. The summed E-state index contributed by atoms with van der Waals surface area (Å²) in [5.74, 6) is 1.20. The first kappa shape index (κ1) is 33.5. The normalized spacial score (nSPS) is 13.3. The first-order valence-electron chi connectivity index (χ1n) is 14.2. The molecule has 0 aromatic rings. The lowest BCUT2D eigenvalue weighted by Gasteiger charge is -2.06. The molecule has 0 atom stereocenters. The van der Waals surface area contributed by atoms with Gasteiger partial charge in [0.15, 0.2) is 23.8 Å². The zero-order valence-corrected chi connectivity index (χ0v) is 23.2. The summed E-state index contributed by atoms with van der Waals surface area (Å²) in [5, 5.41) is 5.67. The average Bonchev–Trinajstić information content (AvgIpc) is 2.84. The first-order chi connectivity index (χ1) is 17.5. The Morgan fingerprint density at radius 2 is 0.611 bits per heavy atom. The predicted octanol–water partition coefficient (Wildman–Crippen LogP) is 3.71. The Kier molecular flexibility index (Phi) is 23.8. The van der Waals surface area contributed by atoms with E-state index in [9.17, 15) is 0 Å². The summed E-state index contributed by atoms with van der Waals surface area (Å²) >= 11 is 0. The molecule has 10 heteroatoms. The van der Waals surface area contributed by atoms with E-state index in [1.54, 1.807) is 0 Å². The summed E-state index contributed by atoms with van der Waals surface area (Å²) in [6.07, 6.45) is 19.1. The second kappa shape index (κ2) is 25.6. The molecular weight excluding hydrogens is 452 g/mol. The minimum atomic E-state index is 0.283. The molecule has 0 aliphatic carbocycles. The van der Waals surface area contributed by atoms with Gasteiger partial charge in [0.25, 0.3) is 0 Å². The van der Waals surface area contributed by atoms with Crippen LogP contribution in [0.2, 0.25) is 0 Å². The monoisotopic (exact) mass is 508 g/mol. The lowest BCUT2D eigenvalue weighted by molar-refractivity contribution is 0.593. The van der Waals surface area contributed by atoms with Crippen molar-refractivity contribution in [3.8, 4) is 0 Å². The Bertz CT molecular complexity index is 574. The molecule has 0 radical (unpaired) electrons. The van der Waals surface area contributed by atoms with Gasteiger partial charge in [-0.05, 0) is 25.7 Å². The van der Waals surface area contributed by atoms with Gasteiger partial charge in [0.1, 0.15) is 0 Å². The maximum Gasteiger partial charge on any atom is 0.195 e. The van der Waals surface area contributed by atoms with Crippen LogP contribution in [0.25, 0.3) is 0 Å². The van der Waals surface area contributed by atoms with E-state index in [1.165, 1.54) is 77.0 Å². The van der Waals surface area contributed by atoms with Crippen molar-refractivity contribution in [3.63, 3.8) is 0 Å². The fraction of sp³-hybridized carbons (Fsp3) is 0.846. The molecule has 36 heavy (non-hydrogen) atoms. The number of nitrogens with two attached hydrogens (primary N) is 4. The van der Waals surface area contributed by atoms with E-state index >= 15 is 0 Å². The molecule has 0 aromatic heterocycles. The topological polar surface area (TPSA) is 178 Å². The summed E-state index contributed by atoms with van der Waals surface area (Å²) in [6.45, 7) is 7.04. The highest BCUT2D eigenvalue weighted by Crippen LogP contribution is 2.07. The number of hydrogen-bond acceptors (Lipinski definition) is 4. The molecule has 210 valence electrons. The molecule has 0 rings (SSSR count). The summed E-state index contributed by atoms with van der Waals surface area (Å²) in [5.41, 5.74) is 23.5. The van der Waals surface area contributed by atoms with Crippen LogP contribution in [0.4, 0.5) is 0 Å². The van der Waals surface area contributed by atoms with Crippen molar-refractivity contribution in [1.29, 1.82) is 0 Å². The average molecular weight is 509 g/mol. The van der Waals surface area contributed by atoms with Crippen molar-refractivity contribution >= 4 is 23.8 Å². The second-order valence-electron chi connectivity index (χ2n) is 9.27. The lowest BCUT2D eigenvalue weighted by Crippen LogP contribution is -2.42. The third-order valence-electron chi connectivity index (χ3n) is 5.73. The van der Waals surface area contributed by atoms with E-state index < -0.39 is 0 Å². The highest BCUT2D eigenvalue weighted by atomic mass is 15.2. The Morgan fingerprint density at radius 1 is 0.389 bits per heavy atom. The third-order valence-corrected chi connectivity index (χ3v) is 5.73. The van der Waals surface area contributed by atoms with Crippen LogP contribution in [-0.4, -0.2) is 50.0 Å². The molecule has 0 aliphatic rings. The highest BCUT2D eigenvalue weighted by molar-refractivity contribution is 5.97. The summed E-state index contributed by atoms with van der Waals surface area (Å²) in [6, 6.07) is 0. The minimum absolute atomic E-state index is 0.283. The quantitative estimate of drug-likeness (QED) is 0.0781. The second-order valence-corrected chi connectivity index (χ2v) is 9.27. The van der Waals surface area contributed by atoms with E-state index in [0.717, 1.165) is 25.7 Å². The molecule has 0 heterocycles. The van der Waals surface area contributed by atoms with Crippen LogP contribution in [0.5, 0.6) is 0 Å². The molecule has 0 saturated heterocycles. The van der Waals surface area contributed by atoms with Crippen LogP contribution >= 0.6 is 0 Å². The van der Waals surface area contributed by atoms with Gasteiger partial charge in [-0.15, -0.1) is 0 Å². The number of nitrogens with zero attached hydrogens (tertiary/aromatic N) is 4. The molecule has 0 bridgehead atoms. The highest BCUT2D eigenvalue weighted by Gasteiger charge is 1.98. The van der Waals surface area contributed by atoms with Crippen LogP contribution < -0.4 is 33.6 Å². The molecule has 0 unspecified atom stereocenters. The van der Waals surface area contributed by atoms with Gasteiger partial charge >= 0.3 is 0 Å². The Balaban J connectivity index is 3.84. The lowest BCUT2D eigenvalue weighted by atomic mass is 10.1. The van der Waals surface area contributed by atoms with E-state index in [2.05, 4.69) is 44.5 Å². The van der Waals surface area contributed by atoms with Gasteiger partial charge in [-0.25, -0.2) is 0 Å². The van der Waals surface area contributed by atoms with Crippen LogP contribution in [0.3, 0.4) is 0 Å². The van der Waals surface area contributed by atoms with E-state index in [1.807, 2.05) is 0 Å². The van der Waals surface area contributed by atoms with Crippen LogP contribution in [0.15, 0.2) is 20.0 Å². The Hall–Kier alpha value is -2.52. The van der Waals surface area contributed by atoms with Crippen molar-refractivity contribution in [2.24, 2.45) is 42.9 Å². The minimum Gasteiger partial charge on any atom is -0.370 e. The zero-order valence-electron chi connectivity index (χ0n) is 23.2. The van der Waals surface area contributed by atoms with Gasteiger partial charge in [-0.3, -0.25) is 30.6 Å². The standard InChI is InChI=1S/C26H56N10/c1-3-5-7-9-11-13-15-19-31-23(27)35-25(29)33-21-17-18-22-34-26(30)36-24(28)32-20-16-14-12-10-8-6-4-2/h3-22H2,1-2H3,(H5,27,29,31,33,35)(H5,28,30,32,34,36). The summed E-state index contributed by atoms with van der Waals surface area (Å²) in [4.78, 5) is 17.2. The number of nitrogens with one attached hydrogen (secondary N) is 2. The fourth-order valence-corrected chi connectivity index (χ4v) is 3.58. The van der Waals surface area contributed by atoms with Crippen molar-refractivity contribution < 1.29 is 0 Å². The van der Waals surface area contributed by atoms with Gasteiger partial charge < -0.3 is 22.9 Å². The molecular formula is C26H56N10. The number of guanidine groups is 4. The van der Waals surface area contributed by atoms with E-state index in [4.69, 9.17) is 22.9 Å². The number of hydrogen-bond donors (Lipinski definition) is 6. The largest absolute Gasteiger partial charge is 0.370 e. The molecule has 0 amide bonds. The molecule has 0 saturated carbocycles. The van der Waals surface area contributed by atoms with Crippen LogP contribution in [-0.2, 0) is 0 Å². The number of unbranched alkanes of at least 4 members (excludes halogenated alkanes) is 13. The van der Waals surface area contributed by atoms with Crippen LogP contribution in [0, 0.1) is 0 Å². The third kappa shape index (κ3) is 24.6. The molecule has 10 N–H and O–H groups in total. The number of aliphatic imine (C=N–C) groups is 4. The van der Waals surface area contributed by atoms with Crippen molar-refractivity contribution in [2.75, 3.05) is 26.2 Å². The Labute approximate surface area is 220 Å². The number of rotatable bonds is 21. The van der Waals surface area contributed by atoms with Crippen molar-refractivity contribution in [2.45, 2.75) is 117 Å². The van der Waals surface area contributed by atoms with Gasteiger partial charge in [0.05, 0.1) is 0 Å². The van der Waals surface area contributed by atoms with Crippen molar-refractivity contribution in [3.05, 3.63) is 0 Å². The molecule has 10 nitrogen and oxygen atoms in total. The molecule has 0 spiro atoms. The molecule has 0 aromatic carbocycles. The first-order valence-corrected chi connectivity index (χ1v) is 14.2. The molecule has 0 fully saturated rings. The molecule has 0 aliphatic heterocycles. The van der Waals surface area contributed by atoms with Gasteiger partial charge in [-0.1, -0.05) is 90.9 Å². The summed E-state index contributed by atoms with van der Waals surface area (Å²) < 4.78 is 0. The van der Waals surface area contributed by atoms with Gasteiger partial charge in [0, 0.05) is 26.2 Å². The van der Waals surface area contributed by atoms with Crippen molar-refractivity contribution in [1.82, 2.24) is 10.6 Å². The fourth-order valence-electron chi connectivity index (χ4n) is 3.58. The Morgan fingerprint density at radius 3 is 0.889 bits per heavy atom. The van der Waals surface area contributed by atoms with E-state index in [0.29, 0.717) is 38.1 Å². The van der Waals surface area contributed by atoms with Gasteiger partial charge in [0.2, 0.25) is 0 Å².